The van der Waals surface area contributed by atoms with Crippen LogP contribution in [-0.4, -0.2) is 23.7 Å². The molecule has 1 atom stereocenters. The summed E-state index contributed by atoms with van der Waals surface area (Å²) in [6.45, 7) is 4.27. The lowest BCUT2D eigenvalue weighted by atomic mass is 9.95. The van der Waals surface area contributed by atoms with Crippen LogP contribution in [0.15, 0.2) is 18.2 Å². The zero-order chi connectivity index (χ0) is 13.1. The number of aliphatic hydroxyl groups is 1. The number of rotatable bonds is 3. The molecule has 0 saturated heterocycles. The second-order valence-corrected chi connectivity index (χ2v) is 4.51. The van der Waals surface area contributed by atoms with Crippen LogP contribution in [0.2, 0.25) is 0 Å². The van der Waals surface area contributed by atoms with Crippen LogP contribution >= 0.6 is 0 Å². The third-order valence-electron chi connectivity index (χ3n) is 2.69. The molecule has 1 heterocycles. The van der Waals surface area contributed by atoms with Gasteiger partial charge in [0.2, 0.25) is 0 Å². The van der Waals surface area contributed by atoms with Gasteiger partial charge in [-0.05, 0) is 25.5 Å². The van der Waals surface area contributed by atoms with Crippen LogP contribution in [0, 0.1) is 0 Å². The normalized spacial score (nSPS) is 18.6. The van der Waals surface area contributed by atoms with Crippen molar-refractivity contribution in [1.29, 1.82) is 0 Å². The molecule has 1 aliphatic rings. The van der Waals surface area contributed by atoms with Crippen LogP contribution in [0.4, 0.5) is 0 Å². The number of amides is 1. The first kappa shape index (κ1) is 13.0. The second kappa shape index (κ2) is 5.48. The molecule has 0 aromatic heterocycles. The molecule has 0 unspecified atom stereocenters. The van der Waals surface area contributed by atoms with Gasteiger partial charge in [-0.3, -0.25) is 9.63 Å². The summed E-state index contributed by atoms with van der Waals surface area (Å²) in [5.74, 6) is -0.346. The maximum atomic E-state index is 12.0. The highest BCUT2D eigenvalue weighted by atomic mass is 16.7. The second-order valence-electron chi connectivity index (χ2n) is 4.51. The molecule has 1 aliphatic heterocycles. The number of fused-ring (bicyclic) bond motifs is 1. The molecule has 18 heavy (non-hydrogen) atoms. The number of hydrogen-bond acceptors (Lipinski definition) is 4. The maximum absolute atomic E-state index is 12.0. The van der Waals surface area contributed by atoms with Gasteiger partial charge >= 0.3 is 0 Å². The van der Waals surface area contributed by atoms with Crippen LogP contribution in [0.5, 0.6) is 0 Å². The first-order chi connectivity index (χ1) is 8.59. The van der Waals surface area contributed by atoms with Crippen molar-refractivity contribution in [3.63, 3.8) is 0 Å². The van der Waals surface area contributed by atoms with Crippen molar-refractivity contribution in [2.75, 3.05) is 6.61 Å². The molecule has 0 saturated carbocycles. The molecule has 2 rings (SSSR count). The van der Waals surface area contributed by atoms with Gasteiger partial charge in [0.15, 0.2) is 0 Å². The first-order valence-electron chi connectivity index (χ1n) is 5.93. The Balaban J connectivity index is 2.25. The number of benzene rings is 1. The van der Waals surface area contributed by atoms with Crippen LogP contribution in [0.3, 0.4) is 0 Å². The van der Waals surface area contributed by atoms with E-state index >= 15 is 0 Å². The zero-order valence-corrected chi connectivity index (χ0v) is 10.5. The van der Waals surface area contributed by atoms with E-state index < -0.39 is 6.10 Å². The average Bonchev–Trinajstić information content (AvgIpc) is 2.35. The number of carbonyl (C=O) groups excluding carboxylic acids is 1. The van der Waals surface area contributed by atoms with Crippen molar-refractivity contribution < 1.29 is 19.5 Å². The molecule has 0 bridgehead atoms. The van der Waals surface area contributed by atoms with Gasteiger partial charge in [0, 0.05) is 11.1 Å². The largest absolute Gasteiger partial charge is 0.386 e. The summed E-state index contributed by atoms with van der Waals surface area (Å²) in [6, 6.07) is 5.29. The standard InChI is InChI=1S/C13H17NO4/c1-8(2)18-14-13(16)10-5-3-4-9-6-17-7-11(15)12(9)10/h3-5,8,11,15H,6-7H2,1-2H3,(H,14,16)/t11-/m0/s1. The van der Waals surface area contributed by atoms with Gasteiger partial charge in [-0.15, -0.1) is 0 Å². The summed E-state index contributed by atoms with van der Waals surface area (Å²) in [5.41, 5.74) is 4.28. The fourth-order valence-corrected chi connectivity index (χ4v) is 1.92. The van der Waals surface area contributed by atoms with Gasteiger partial charge in [-0.2, -0.15) is 0 Å². The summed E-state index contributed by atoms with van der Waals surface area (Å²) < 4.78 is 5.23. The topological polar surface area (TPSA) is 67.8 Å². The molecule has 1 amide bonds. The highest BCUT2D eigenvalue weighted by molar-refractivity contribution is 5.95. The number of ether oxygens (including phenoxy) is 1. The smallest absolute Gasteiger partial charge is 0.275 e. The molecule has 0 fully saturated rings. The third kappa shape index (κ3) is 2.69. The maximum Gasteiger partial charge on any atom is 0.275 e. The Morgan fingerprint density at radius 1 is 1.56 bits per heavy atom. The predicted octanol–water partition coefficient (Wildman–Crippen LogP) is 1.32. The minimum absolute atomic E-state index is 0.0956. The van der Waals surface area contributed by atoms with E-state index in [4.69, 9.17) is 9.57 Å². The summed E-state index contributed by atoms with van der Waals surface area (Å²) in [4.78, 5) is 17.1. The van der Waals surface area contributed by atoms with Crippen LogP contribution in [0.25, 0.3) is 0 Å². The van der Waals surface area contributed by atoms with E-state index in [2.05, 4.69) is 5.48 Å². The molecule has 2 N–H and O–H groups in total. The van der Waals surface area contributed by atoms with Gasteiger partial charge < -0.3 is 9.84 Å². The summed E-state index contributed by atoms with van der Waals surface area (Å²) in [6.07, 6.45) is -0.864. The molecule has 1 aromatic rings. The quantitative estimate of drug-likeness (QED) is 0.795. The number of nitrogens with one attached hydrogen (secondary N) is 1. The molecule has 0 spiro atoms. The van der Waals surface area contributed by atoms with E-state index in [1.165, 1.54) is 0 Å². The minimum atomic E-state index is -0.769. The van der Waals surface area contributed by atoms with E-state index in [0.29, 0.717) is 17.7 Å². The molecular weight excluding hydrogens is 234 g/mol. The highest BCUT2D eigenvalue weighted by Gasteiger charge is 2.24. The molecule has 1 aromatic carbocycles. The average molecular weight is 251 g/mol. The molecule has 5 heteroatoms. The van der Waals surface area contributed by atoms with E-state index in [-0.39, 0.29) is 18.6 Å². The van der Waals surface area contributed by atoms with Crippen LogP contribution in [0.1, 0.15) is 41.4 Å². The van der Waals surface area contributed by atoms with Crippen molar-refractivity contribution >= 4 is 5.91 Å². The van der Waals surface area contributed by atoms with Crippen molar-refractivity contribution in [3.8, 4) is 0 Å². The molecule has 98 valence electrons. The van der Waals surface area contributed by atoms with E-state index in [0.717, 1.165) is 5.56 Å². The van der Waals surface area contributed by atoms with Crippen molar-refractivity contribution in [3.05, 3.63) is 34.9 Å². The van der Waals surface area contributed by atoms with E-state index in [9.17, 15) is 9.90 Å². The van der Waals surface area contributed by atoms with Gasteiger partial charge in [-0.25, -0.2) is 5.48 Å². The Kier molecular flexibility index (Phi) is 3.96. The zero-order valence-electron chi connectivity index (χ0n) is 10.5. The Morgan fingerprint density at radius 2 is 2.33 bits per heavy atom. The molecular formula is C13H17NO4. The Labute approximate surface area is 106 Å². The molecule has 0 radical (unpaired) electrons. The summed E-state index contributed by atoms with van der Waals surface area (Å²) >= 11 is 0. The monoisotopic (exact) mass is 251 g/mol. The lowest BCUT2D eigenvalue weighted by molar-refractivity contribution is -0.00249. The third-order valence-corrected chi connectivity index (χ3v) is 2.69. The molecule has 5 nitrogen and oxygen atoms in total. The summed E-state index contributed by atoms with van der Waals surface area (Å²) in [7, 11) is 0. The number of hydrogen-bond donors (Lipinski definition) is 2. The van der Waals surface area contributed by atoms with E-state index in [1.54, 1.807) is 12.1 Å². The number of hydroxylamine groups is 1. The lowest BCUT2D eigenvalue weighted by Crippen LogP contribution is -2.30. The van der Waals surface area contributed by atoms with Crippen molar-refractivity contribution in [2.45, 2.75) is 32.7 Å². The Bertz CT molecular complexity index is 445. The number of carbonyl (C=O) groups is 1. The number of aliphatic hydroxyl groups excluding tert-OH is 1. The Morgan fingerprint density at radius 3 is 3.06 bits per heavy atom. The summed E-state index contributed by atoms with van der Waals surface area (Å²) in [5, 5.41) is 9.92. The van der Waals surface area contributed by atoms with Crippen molar-refractivity contribution in [1.82, 2.24) is 5.48 Å². The van der Waals surface area contributed by atoms with Gasteiger partial charge in [0.1, 0.15) is 6.10 Å². The lowest BCUT2D eigenvalue weighted by Gasteiger charge is -2.24. The van der Waals surface area contributed by atoms with E-state index in [1.807, 2.05) is 19.9 Å². The predicted molar refractivity (Wildman–Crippen MR) is 64.7 cm³/mol. The fraction of sp³-hybridized carbons (Fsp3) is 0.462. The minimum Gasteiger partial charge on any atom is -0.386 e. The van der Waals surface area contributed by atoms with Gasteiger partial charge in [0.25, 0.3) is 5.91 Å². The van der Waals surface area contributed by atoms with Crippen LogP contribution in [-0.2, 0) is 16.2 Å². The van der Waals surface area contributed by atoms with Gasteiger partial charge in [0.05, 0.1) is 19.3 Å². The first-order valence-corrected chi connectivity index (χ1v) is 5.93. The fourth-order valence-electron chi connectivity index (χ4n) is 1.92. The van der Waals surface area contributed by atoms with Gasteiger partial charge in [-0.1, -0.05) is 12.1 Å². The van der Waals surface area contributed by atoms with Crippen LogP contribution < -0.4 is 5.48 Å². The molecule has 0 aliphatic carbocycles. The van der Waals surface area contributed by atoms with Crippen molar-refractivity contribution in [2.24, 2.45) is 0 Å². The SMILES string of the molecule is CC(C)ONC(=O)c1cccc2c1[C@@H](O)COC2. The highest BCUT2D eigenvalue weighted by Crippen LogP contribution is 2.27. The Hall–Kier alpha value is -1.43.